The highest BCUT2D eigenvalue weighted by Crippen LogP contribution is 2.21. The Kier molecular flexibility index (Phi) is 6.77. The summed E-state index contributed by atoms with van der Waals surface area (Å²) in [6, 6.07) is 6.39. The van der Waals surface area contributed by atoms with E-state index in [4.69, 9.17) is 9.47 Å². The van der Waals surface area contributed by atoms with Gasteiger partial charge in [-0.3, -0.25) is 0 Å². The summed E-state index contributed by atoms with van der Waals surface area (Å²) in [5.74, 6) is 1.01. The Balaban J connectivity index is 1.69. The minimum absolute atomic E-state index is 0.803. The summed E-state index contributed by atoms with van der Waals surface area (Å²) in [5.41, 5.74) is 2.51. The van der Waals surface area contributed by atoms with Crippen molar-refractivity contribution in [3.63, 3.8) is 0 Å². The van der Waals surface area contributed by atoms with Crippen LogP contribution in [0.5, 0.6) is 5.75 Å². The number of unbranched alkanes of at least 4 members (excludes halogenated alkanes) is 1. The lowest BCUT2D eigenvalue weighted by Crippen LogP contribution is -3.14. The standard InChI is InChI=1S/C18H27NO2/c1-3-6-17-15-16(2)7-8-18(17)21-12-5-4-9-19-10-13-20-14-11-19/h3,7-8,15H,1,4-6,9-14H2,2H3/p+1. The Morgan fingerprint density at radius 1 is 1.29 bits per heavy atom. The molecular formula is C18H28NO2+. The van der Waals surface area contributed by atoms with E-state index in [9.17, 15) is 0 Å². The molecule has 2 rings (SSSR count). The zero-order chi connectivity index (χ0) is 14.9. The van der Waals surface area contributed by atoms with Gasteiger partial charge in [0.1, 0.15) is 18.8 Å². The van der Waals surface area contributed by atoms with Gasteiger partial charge < -0.3 is 14.4 Å². The number of hydrogen-bond acceptors (Lipinski definition) is 2. The molecule has 0 saturated carbocycles. The van der Waals surface area contributed by atoms with Crippen LogP contribution in [-0.2, 0) is 11.2 Å². The van der Waals surface area contributed by atoms with Crippen LogP contribution in [0.1, 0.15) is 24.0 Å². The SMILES string of the molecule is C=CCc1cc(C)ccc1OCCCC[NH+]1CCOCC1. The Morgan fingerprint density at radius 2 is 2.10 bits per heavy atom. The van der Waals surface area contributed by atoms with E-state index in [1.807, 2.05) is 6.08 Å². The molecule has 0 radical (unpaired) electrons. The summed E-state index contributed by atoms with van der Waals surface area (Å²) in [6.07, 6.45) is 5.14. The van der Waals surface area contributed by atoms with E-state index >= 15 is 0 Å². The molecule has 0 atom stereocenters. The quantitative estimate of drug-likeness (QED) is 0.583. The topological polar surface area (TPSA) is 22.9 Å². The van der Waals surface area contributed by atoms with Gasteiger partial charge in [0.25, 0.3) is 0 Å². The molecule has 0 spiro atoms. The summed E-state index contributed by atoms with van der Waals surface area (Å²) < 4.78 is 11.3. The van der Waals surface area contributed by atoms with Crippen LogP contribution in [-0.4, -0.2) is 39.5 Å². The molecule has 3 heteroatoms. The molecule has 1 aliphatic heterocycles. The summed E-state index contributed by atoms with van der Waals surface area (Å²) in [4.78, 5) is 1.67. The maximum absolute atomic E-state index is 5.95. The minimum Gasteiger partial charge on any atom is -0.493 e. The van der Waals surface area contributed by atoms with E-state index < -0.39 is 0 Å². The van der Waals surface area contributed by atoms with E-state index in [2.05, 4.69) is 31.7 Å². The molecule has 1 aromatic rings. The van der Waals surface area contributed by atoms with Crippen molar-refractivity contribution in [3.8, 4) is 5.75 Å². The first-order chi connectivity index (χ1) is 10.3. The third-order valence-corrected chi connectivity index (χ3v) is 3.96. The Bertz CT molecular complexity index is 439. The fourth-order valence-corrected chi connectivity index (χ4v) is 2.73. The number of rotatable bonds is 8. The van der Waals surface area contributed by atoms with Gasteiger partial charge in [0, 0.05) is 0 Å². The number of nitrogens with one attached hydrogen (secondary N) is 1. The van der Waals surface area contributed by atoms with E-state index in [1.165, 1.54) is 24.1 Å². The number of allylic oxidation sites excluding steroid dienone is 1. The zero-order valence-corrected chi connectivity index (χ0v) is 13.2. The van der Waals surface area contributed by atoms with Gasteiger partial charge in [-0.15, -0.1) is 6.58 Å². The molecule has 116 valence electrons. The van der Waals surface area contributed by atoms with E-state index in [0.29, 0.717) is 0 Å². The molecule has 1 saturated heterocycles. The first-order valence-corrected chi connectivity index (χ1v) is 8.04. The lowest BCUT2D eigenvalue weighted by atomic mass is 10.1. The Hall–Kier alpha value is -1.32. The van der Waals surface area contributed by atoms with Crippen LogP contribution in [0.15, 0.2) is 30.9 Å². The summed E-state index contributed by atoms with van der Waals surface area (Å²) >= 11 is 0. The molecule has 1 aliphatic rings. The van der Waals surface area contributed by atoms with E-state index in [0.717, 1.165) is 51.5 Å². The maximum Gasteiger partial charge on any atom is 0.122 e. The Morgan fingerprint density at radius 3 is 2.86 bits per heavy atom. The molecule has 0 bridgehead atoms. The van der Waals surface area contributed by atoms with Gasteiger partial charge >= 0.3 is 0 Å². The maximum atomic E-state index is 5.95. The van der Waals surface area contributed by atoms with Crippen molar-refractivity contribution >= 4 is 0 Å². The largest absolute Gasteiger partial charge is 0.493 e. The van der Waals surface area contributed by atoms with Crippen molar-refractivity contribution in [1.29, 1.82) is 0 Å². The van der Waals surface area contributed by atoms with E-state index in [1.54, 1.807) is 4.90 Å². The van der Waals surface area contributed by atoms with E-state index in [-0.39, 0.29) is 0 Å². The van der Waals surface area contributed by atoms with Crippen molar-refractivity contribution in [2.75, 3.05) is 39.5 Å². The Labute approximate surface area is 128 Å². The molecule has 0 amide bonds. The summed E-state index contributed by atoms with van der Waals surface area (Å²) in [6.45, 7) is 12.1. The van der Waals surface area contributed by atoms with Crippen molar-refractivity contribution in [2.24, 2.45) is 0 Å². The fourth-order valence-electron chi connectivity index (χ4n) is 2.73. The van der Waals surface area contributed by atoms with Gasteiger partial charge in [-0.25, -0.2) is 0 Å². The highest BCUT2D eigenvalue weighted by atomic mass is 16.5. The van der Waals surface area contributed by atoms with Crippen LogP contribution in [0.2, 0.25) is 0 Å². The van der Waals surface area contributed by atoms with Crippen molar-refractivity contribution in [3.05, 3.63) is 42.0 Å². The normalized spacial score (nSPS) is 15.9. The molecule has 1 aromatic carbocycles. The van der Waals surface area contributed by atoms with Gasteiger partial charge in [0.2, 0.25) is 0 Å². The molecule has 0 unspecified atom stereocenters. The van der Waals surface area contributed by atoms with Crippen LogP contribution in [0.3, 0.4) is 0 Å². The first-order valence-electron chi connectivity index (χ1n) is 8.04. The lowest BCUT2D eigenvalue weighted by molar-refractivity contribution is -0.908. The van der Waals surface area contributed by atoms with Crippen LogP contribution in [0.4, 0.5) is 0 Å². The average Bonchev–Trinajstić information content (AvgIpc) is 2.50. The zero-order valence-electron chi connectivity index (χ0n) is 13.2. The molecule has 1 fully saturated rings. The third kappa shape index (κ3) is 5.52. The van der Waals surface area contributed by atoms with Gasteiger partial charge in [-0.05, 0) is 37.8 Å². The number of ether oxygens (including phenoxy) is 2. The van der Waals surface area contributed by atoms with Gasteiger partial charge in [-0.2, -0.15) is 0 Å². The molecule has 1 N–H and O–H groups in total. The van der Waals surface area contributed by atoms with Gasteiger partial charge in [0.15, 0.2) is 0 Å². The van der Waals surface area contributed by atoms with Crippen LogP contribution >= 0.6 is 0 Å². The summed E-state index contributed by atoms with van der Waals surface area (Å²) in [7, 11) is 0. The molecule has 0 aliphatic carbocycles. The number of aryl methyl sites for hydroxylation is 1. The van der Waals surface area contributed by atoms with Crippen molar-refractivity contribution in [1.82, 2.24) is 0 Å². The number of hydrogen-bond donors (Lipinski definition) is 1. The smallest absolute Gasteiger partial charge is 0.122 e. The van der Waals surface area contributed by atoms with Gasteiger partial charge in [-0.1, -0.05) is 23.8 Å². The third-order valence-electron chi connectivity index (χ3n) is 3.96. The predicted octanol–water partition coefficient (Wildman–Crippen LogP) is 1.80. The van der Waals surface area contributed by atoms with Crippen LogP contribution in [0.25, 0.3) is 0 Å². The second-order valence-corrected chi connectivity index (χ2v) is 5.77. The molecular weight excluding hydrogens is 262 g/mol. The highest BCUT2D eigenvalue weighted by molar-refractivity contribution is 5.38. The minimum atomic E-state index is 0.803. The molecule has 1 heterocycles. The molecule has 0 aromatic heterocycles. The number of benzene rings is 1. The van der Waals surface area contributed by atoms with Gasteiger partial charge in [0.05, 0.1) is 26.4 Å². The lowest BCUT2D eigenvalue weighted by Gasteiger charge is -2.23. The number of quaternary nitrogens is 1. The second-order valence-electron chi connectivity index (χ2n) is 5.77. The first kappa shape index (κ1) is 16.1. The highest BCUT2D eigenvalue weighted by Gasteiger charge is 2.12. The molecule has 3 nitrogen and oxygen atoms in total. The average molecular weight is 290 g/mol. The van der Waals surface area contributed by atoms with Crippen LogP contribution < -0.4 is 9.64 Å². The monoisotopic (exact) mass is 290 g/mol. The summed E-state index contributed by atoms with van der Waals surface area (Å²) in [5, 5.41) is 0. The van der Waals surface area contributed by atoms with Crippen molar-refractivity contribution < 1.29 is 14.4 Å². The molecule has 21 heavy (non-hydrogen) atoms. The number of morpholine rings is 1. The van der Waals surface area contributed by atoms with Crippen molar-refractivity contribution in [2.45, 2.75) is 26.2 Å². The predicted molar refractivity (Wildman–Crippen MR) is 86.2 cm³/mol. The van der Waals surface area contributed by atoms with Crippen LogP contribution in [0, 0.1) is 6.92 Å². The second kappa shape index (κ2) is 8.85. The fraction of sp³-hybridized carbons (Fsp3) is 0.556.